The van der Waals surface area contributed by atoms with E-state index in [1.165, 1.54) is 0 Å². The van der Waals surface area contributed by atoms with Gasteiger partial charge in [-0.2, -0.15) is 0 Å². The summed E-state index contributed by atoms with van der Waals surface area (Å²) in [5.74, 6) is 2.73. The molecule has 160 valence electrons. The Balaban J connectivity index is 1.74. The van der Waals surface area contributed by atoms with E-state index in [1.54, 1.807) is 12.2 Å². The van der Waals surface area contributed by atoms with Crippen molar-refractivity contribution < 1.29 is 18.9 Å². The minimum Gasteiger partial charge on any atom is -0.488 e. The lowest BCUT2D eigenvalue weighted by Gasteiger charge is -2.30. The van der Waals surface area contributed by atoms with Gasteiger partial charge in [-0.05, 0) is 56.3 Å². The number of hydrogen-bond acceptors (Lipinski definition) is 4. The van der Waals surface area contributed by atoms with E-state index in [-0.39, 0.29) is 5.60 Å². The van der Waals surface area contributed by atoms with Crippen LogP contribution in [0.15, 0.2) is 55.7 Å². The summed E-state index contributed by atoms with van der Waals surface area (Å²) in [6, 6.07) is 7.77. The molecule has 0 saturated heterocycles. The number of fused-ring (bicyclic) bond motifs is 3. The maximum atomic E-state index is 6.61. The van der Waals surface area contributed by atoms with E-state index >= 15 is 0 Å². The maximum Gasteiger partial charge on any atom is 0.149 e. The van der Waals surface area contributed by atoms with Crippen LogP contribution in [0.3, 0.4) is 0 Å². The first kappa shape index (κ1) is 21.1. The summed E-state index contributed by atoms with van der Waals surface area (Å²) < 4.78 is 23.8. The Morgan fingerprint density at radius 1 is 1.10 bits per heavy atom. The lowest BCUT2D eigenvalue weighted by atomic mass is 9.95. The number of halogens is 1. The average Bonchev–Trinajstić information content (AvgIpc) is 2.76. The van der Waals surface area contributed by atoms with Crippen LogP contribution in [0.1, 0.15) is 30.5 Å². The Labute approximate surface area is 188 Å². The molecule has 4 nitrogen and oxygen atoms in total. The van der Waals surface area contributed by atoms with Crippen molar-refractivity contribution in [3.05, 3.63) is 77.4 Å². The Kier molecular flexibility index (Phi) is 5.84. The highest BCUT2D eigenvalue weighted by Gasteiger charge is 2.27. The molecule has 2 aromatic carbocycles. The molecule has 31 heavy (non-hydrogen) atoms. The van der Waals surface area contributed by atoms with Crippen LogP contribution < -0.4 is 18.9 Å². The smallest absolute Gasteiger partial charge is 0.149 e. The molecule has 2 aliphatic heterocycles. The molecule has 0 aliphatic carbocycles. The first-order valence-corrected chi connectivity index (χ1v) is 10.5. The second-order valence-electron chi connectivity index (χ2n) is 7.85. The van der Waals surface area contributed by atoms with Gasteiger partial charge in [0, 0.05) is 16.7 Å². The fraction of sp³-hybridized carbons (Fsp3) is 0.231. The SMILES string of the molecule is C=CCOc1ccc(C2=Cc3ccc4c(c3OC2)C=CC(C)(C)O4)c(OCC=C)c1Cl. The number of rotatable bonds is 7. The maximum absolute atomic E-state index is 6.61. The third-order valence-electron chi connectivity index (χ3n) is 5.02. The summed E-state index contributed by atoms with van der Waals surface area (Å²) in [5, 5.41) is 0.414. The molecule has 0 radical (unpaired) electrons. The van der Waals surface area contributed by atoms with Crippen LogP contribution in [-0.4, -0.2) is 25.4 Å². The van der Waals surface area contributed by atoms with Crippen LogP contribution in [0, 0.1) is 0 Å². The van der Waals surface area contributed by atoms with E-state index in [1.807, 2.05) is 44.2 Å². The molecule has 2 aliphatic rings. The van der Waals surface area contributed by atoms with Crippen molar-refractivity contribution in [1.29, 1.82) is 0 Å². The minimum atomic E-state index is -0.333. The minimum absolute atomic E-state index is 0.327. The average molecular weight is 437 g/mol. The molecule has 0 saturated carbocycles. The molecule has 0 unspecified atom stereocenters. The fourth-order valence-corrected chi connectivity index (χ4v) is 3.86. The van der Waals surface area contributed by atoms with Gasteiger partial charge in [-0.25, -0.2) is 0 Å². The van der Waals surface area contributed by atoms with Crippen molar-refractivity contribution >= 4 is 29.3 Å². The first-order valence-electron chi connectivity index (χ1n) is 10.1. The second-order valence-corrected chi connectivity index (χ2v) is 8.22. The monoisotopic (exact) mass is 436 g/mol. The summed E-state index contributed by atoms with van der Waals surface area (Å²) >= 11 is 6.61. The van der Waals surface area contributed by atoms with E-state index in [4.69, 9.17) is 30.5 Å². The Morgan fingerprint density at radius 3 is 2.65 bits per heavy atom. The van der Waals surface area contributed by atoms with Crippen LogP contribution in [0.25, 0.3) is 17.7 Å². The molecule has 0 aromatic heterocycles. The summed E-state index contributed by atoms with van der Waals surface area (Å²) in [6.07, 6.45) is 9.56. The highest BCUT2D eigenvalue weighted by Crippen LogP contribution is 2.45. The third-order valence-corrected chi connectivity index (χ3v) is 5.38. The van der Waals surface area contributed by atoms with Gasteiger partial charge in [0.2, 0.25) is 0 Å². The van der Waals surface area contributed by atoms with E-state index in [2.05, 4.69) is 25.3 Å². The fourth-order valence-electron chi connectivity index (χ4n) is 3.59. The predicted molar refractivity (Wildman–Crippen MR) is 126 cm³/mol. The zero-order valence-corrected chi connectivity index (χ0v) is 18.5. The summed E-state index contributed by atoms with van der Waals surface area (Å²) in [6.45, 7) is 12.5. The molecule has 0 atom stereocenters. The molecular weight excluding hydrogens is 412 g/mol. The Bertz CT molecular complexity index is 1100. The van der Waals surface area contributed by atoms with Crippen LogP contribution in [-0.2, 0) is 0 Å². The van der Waals surface area contributed by atoms with Crippen molar-refractivity contribution in [3.63, 3.8) is 0 Å². The van der Waals surface area contributed by atoms with Gasteiger partial charge in [0.05, 0.1) is 5.56 Å². The highest BCUT2D eigenvalue weighted by atomic mass is 35.5. The second kappa shape index (κ2) is 8.56. The van der Waals surface area contributed by atoms with Gasteiger partial charge in [0.15, 0.2) is 0 Å². The van der Waals surface area contributed by atoms with Gasteiger partial charge in [-0.1, -0.05) is 36.9 Å². The van der Waals surface area contributed by atoms with Crippen molar-refractivity contribution in [2.45, 2.75) is 19.4 Å². The van der Waals surface area contributed by atoms with Crippen LogP contribution in [0.2, 0.25) is 5.02 Å². The zero-order valence-electron chi connectivity index (χ0n) is 17.7. The first-order chi connectivity index (χ1) is 14.9. The zero-order chi connectivity index (χ0) is 22.0. The van der Waals surface area contributed by atoms with E-state index in [0.717, 1.165) is 33.8 Å². The van der Waals surface area contributed by atoms with Crippen LogP contribution in [0.5, 0.6) is 23.0 Å². The van der Waals surface area contributed by atoms with Gasteiger partial charge in [0.1, 0.15) is 53.4 Å². The number of benzene rings is 2. The largest absolute Gasteiger partial charge is 0.488 e. The van der Waals surface area contributed by atoms with Crippen LogP contribution in [0.4, 0.5) is 0 Å². The van der Waals surface area contributed by atoms with Crippen molar-refractivity contribution in [3.8, 4) is 23.0 Å². The van der Waals surface area contributed by atoms with Gasteiger partial charge in [0.25, 0.3) is 0 Å². The molecule has 0 bridgehead atoms. The topological polar surface area (TPSA) is 36.9 Å². The third kappa shape index (κ3) is 4.21. The standard InChI is InChI=1S/C26H25ClO4/c1-5-13-28-22-10-8-19(25(23(22)27)29-14-6-2)18-15-17-7-9-21-20(24(17)30-16-18)11-12-26(3,4)31-21/h5-12,15H,1-2,13-14,16H2,3-4H3. The molecule has 0 spiro atoms. The Morgan fingerprint density at radius 2 is 1.87 bits per heavy atom. The Hall–Kier alpha value is -3.11. The quantitative estimate of drug-likeness (QED) is 0.459. The highest BCUT2D eigenvalue weighted by molar-refractivity contribution is 6.34. The van der Waals surface area contributed by atoms with Gasteiger partial charge >= 0.3 is 0 Å². The lowest BCUT2D eigenvalue weighted by molar-refractivity contribution is 0.158. The number of ether oxygens (including phenoxy) is 4. The van der Waals surface area contributed by atoms with Crippen LogP contribution >= 0.6 is 11.6 Å². The van der Waals surface area contributed by atoms with Gasteiger partial charge in [-0.15, -0.1) is 0 Å². The summed E-state index contributed by atoms with van der Waals surface area (Å²) in [4.78, 5) is 0. The number of hydrogen-bond donors (Lipinski definition) is 0. The molecule has 0 N–H and O–H groups in total. The molecule has 2 aromatic rings. The van der Waals surface area contributed by atoms with Gasteiger partial charge < -0.3 is 18.9 Å². The predicted octanol–water partition coefficient (Wildman–Crippen LogP) is 6.59. The van der Waals surface area contributed by atoms with E-state index in [0.29, 0.717) is 36.3 Å². The van der Waals surface area contributed by atoms with Crippen molar-refractivity contribution in [2.75, 3.05) is 19.8 Å². The molecule has 0 amide bonds. The van der Waals surface area contributed by atoms with E-state index < -0.39 is 0 Å². The van der Waals surface area contributed by atoms with Crippen molar-refractivity contribution in [1.82, 2.24) is 0 Å². The van der Waals surface area contributed by atoms with Gasteiger partial charge in [-0.3, -0.25) is 0 Å². The lowest BCUT2D eigenvalue weighted by Crippen LogP contribution is -2.27. The molecular formula is C26H25ClO4. The van der Waals surface area contributed by atoms with Crippen molar-refractivity contribution in [2.24, 2.45) is 0 Å². The molecule has 2 heterocycles. The molecule has 4 rings (SSSR count). The summed E-state index contributed by atoms with van der Waals surface area (Å²) in [7, 11) is 0. The normalized spacial score (nSPS) is 15.5. The van der Waals surface area contributed by atoms with E-state index in [9.17, 15) is 0 Å². The molecule has 5 heteroatoms. The molecule has 0 fully saturated rings. The summed E-state index contributed by atoms with van der Waals surface area (Å²) in [5.41, 5.74) is 3.42.